The topological polar surface area (TPSA) is 30.7 Å². The van der Waals surface area contributed by atoms with Crippen molar-refractivity contribution in [2.75, 3.05) is 0 Å². The van der Waals surface area contributed by atoms with Gasteiger partial charge in [-0.3, -0.25) is 0 Å². The fourth-order valence-corrected chi connectivity index (χ4v) is 1.96. The lowest BCUT2D eigenvalue weighted by Crippen LogP contribution is -2.08. The molecule has 86 valence electrons. The van der Waals surface area contributed by atoms with E-state index < -0.39 is 11.7 Å². The zero-order valence-corrected chi connectivity index (χ0v) is 10.0. The lowest BCUT2D eigenvalue weighted by molar-refractivity contribution is -0.136. The summed E-state index contributed by atoms with van der Waals surface area (Å²) < 4.78 is 39.9. The van der Waals surface area contributed by atoms with Crippen molar-refractivity contribution in [2.45, 2.75) is 13.1 Å². The summed E-state index contributed by atoms with van der Waals surface area (Å²) in [5, 5.41) is 7.35. The zero-order chi connectivity index (χ0) is 12.1. The highest BCUT2D eigenvalue weighted by Crippen LogP contribution is 2.37. The van der Waals surface area contributed by atoms with E-state index in [1.807, 2.05) is 0 Å². The Hall–Kier alpha value is -1.11. The molecule has 0 amide bonds. The third-order valence-corrected chi connectivity index (χ3v) is 3.20. The first-order valence-electron chi connectivity index (χ1n) is 4.38. The van der Waals surface area contributed by atoms with Gasteiger partial charge < -0.3 is 0 Å². The smallest absolute Gasteiger partial charge is 0.247 e. The molecule has 0 fully saturated rings. The first-order valence-corrected chi connectivity index (χ1v) is 5.17. The van der Waals surface area contributed by atoms with Crippen LogP contribution >= 0.6 is 15.9 Å². The van der Waals surface area contributed by atoms with E-state index in [0.717, 1.165) is 10.7 Å². The van der Waals surface area contributed by atoms with Gasteiger partial charge in [0.2, 0.25) is 0 Å². The van der Waals surface area contributed by atoms with E-state index in [0.29, 0.717) is 10.0 Å². The lowest BCUT2D eigenvalue weighted by atomic mass is 10.1. The molecule has 0 unspecified atom stereocenters. The fourth-order valence-electron chi connectivity index (χ4n) is 1.54. The maximum Gasteiger partial charge on any atom is 0.418 e. The van der Waals surface area contributed by atoms with Crippen molar-refractivity contribution in [1.82, 2.24) is 15.0 Å². The van der Waals surface area contributed by atoms with Gasteiger partial charge in [-0.05, 0) is 18.6 Å². The van der Waals surface area contributed by atoms with Crippen LogP contribution in [0.15, 0.2) is 10.5 Å². The SMILES string of the molecule is Cc1c(Br)cc(C(F)(F)F)c2c1nnn2C. The van der Waals surface area contributed by atoms with Gasteiger partial charge >= 0.3 is 6.18 Å². The van der Waals surface area contributed by atoms with Gasteiger partial charge in [0, 0.05) is 11.5 Å². The monoisotopic (exact) mass is 293 g/mol. The minimum Gasteiger partial charge on any atom is -0.247 e. The Morgan fingerprint density at radius 1 is 1.38 bits per heavy atom. The predicted octanol–water partition coefficient (Wildman–Crippen LogP) is 3.06. The molecule has 1 aromatic carbocycles. The largest absolute Gasteiger partial charge is 0.418 e. The molecule has 1 heterocycles. The fraction of sp³-hybridized carbons (Fsp3) is 0.333. The van der Waals surface area contributed by atoms with E-state index in [1.165, 1.54) is 7.05 Å². The Balaban J connectivity index is 2.94. The van der Waals surface area contributed by atoms with Crippen molar-refractivity contribution in [2.24, 2.45) is 7.05 Å². The third kappa shape index (κ3) is 1.59. The third-order valence-electron chi connectivity index (χ3n) is 2.37. The highest BCUT2D eigenvalue weighted by atomic mass is 79.9. The van der Waals surface area contributed by atoms with E-state index in [1.54, 1.807) is 6.92 Å². The van der Waals surface area contributed by atoms with Crippen LogP contribution in [0.1, 0.15) is 11.1 Å². The second kappa shape index (κ2) is 3.44. The number of aromatic nitrogens is 3. The highest BCUT2D eigenvalue weighted by Gasteiger charge is 2.35. The average Bonchev–Trinajstić information content (AvgIpc) is 2.53. The zero-order valence-electron chi connectivity index (χ0n) is 8.43. The summed E-state index contributed by atoms with van der Waals surface area (Å²) in [7, 11) is 1.44. The van der Waals surface area contributed by atoms with Crippen molar-refractivity contribution < 1.29 is 13.2 Å². The molecule has 0 N–H and O–H groups in total. The number of halogens is 4. The summed E-state index contributed by atoms with van der Waals surface area (Å²) in [5.74, 6) is 0. The molecule has 0 radical (unpaired) electrons. The van der Waals surface area contributed by atoms with Crippen molar-refractivity contribution in [3.63, 3.8) is 0 Å². The van der Waals surface area contributed by atoms with E-state index in [-0.39, 0.29) is 11.0 Å². The molecule has 7 heteroatoms. The highest BCUT2D eigenvalue weighted by molar-refractivity contribution is 9.10. The summed E-state index contributed by atoms with van der Waals surface area (Å²) in [5.41, 5.74) is 0.195. The Kier molecular flexibility index (Phi) is 2.45. The standard InChI is InChI=1S/C9H7BrF3N3/c1-4-6(10)3-5(9(11,12)13)8-7(4)14-15-16(8)2/h3H,1-2H3. The summed E-state index contributed by atoms with van der Waals surface area (Å²) in [6.07, 6.45) is -4.41. The van der Waals surface area contributed by atoms with Crippen LogP contribution in [0.2, 0.25) is 0 Å². The number of hydrogen-bond acceptors (Lipinski definition) is 2. The second-order valence-electron chi connectivity index (χ2n) is 3.44. The molecule has 0 saturated carbocycles. The first-order chi connectivity index (χ1) is 7.32. The Morgan fingerprint density at radius 3 is 2.56 bits per heavy atom. The van der Waals surface area contributed by atoms with Gasteiger partial charge in [-0.1, -0.05) is 21.1 Å². The van der Waals surface area contributed by atoms with Crippen LogP contribution in [-0.4, -0.2) is 15.0 Å². The number of fused-ring (bicyclic) bond motifs is 1. The van der Waals surface area contributed by atoms with Crippen LogP contribution in [0.25, 0.3) is 11.0 Å². The average molecular weight is 294 g/mol. The van der Waals surface area contributed by atoms with Crippen LogP contribution in [-0.2, 0) is 13.2 Å². The summed E-state index contributed by atoms with van der Waals surface area (Å²) >= 11 is 3.09. The minimum absolute atomic E-state index is 0.00759. The Labute approximate surface area is 97.4 Å². The molecule has 0 aliphatic carbocycles. The van der Waals surface area contributed by atoms with Gasteiger partial charge in [0.1, 0.15) is 11.0 Å². The molecular formula is C9H7BrF3N3. The van der Waals surface area contributed by atoms with Gasteiger partial charge in [0.05, 0.1) is 5.56 Å². The molecule has 1 aromatic heterocycles. The van der Waals surface area contributed by atoms with E-state index in [2.05, 4.69) is 26.2 Å². The Morgan fingerprint density at radius 2 is 2.00 bits per heavy atom. The summed E-state index contributed by atoms with van der Waals surface area (Å²) in [4.78, 5) is 0. The van der Waals surface area contributed by atoms with Gasteiger partial charge in [0.15, 0.2) is 0 Å². The number of benzene rings is 1. The second-order valence-corrected chi connectivity index (χ2v) is 4.29. The molecule has 2 rings (SSSR count). The van der Waals surface area contributed by atoms with Crippen molar-refractivity contribution >= 4 is 27.0 Å². The molecule has 0 spiro atoms. The van der Waals surface area contributed by atoms with E-state index in [4.69, 9.17) is 0 Å². The molecule has 2 aromatic rings. The first kappa shape index (κ1) is 11.4. The molecule has 0 aliphatic rings. The molecule has 16 heavy (non-hydrogen) atoms. The summed E-state index contributed by atoms with van der Waals surface area (Å²) in [6.45, 7) is 1.70. The van der Waals surface area contributed by atoms with Crippen molar-refractivity contribution in [3.05, 3.63) is 21.7 Å². The number of alkyl halides is 3. The molecule has 0 bridgehead atoms. The minimum atomic E-state index is -4.41. The van der Waals surface area contributed by atoms with Crippen LogP contribution in [0, 0.1) is 6.92 Å². The van der Waals surface area contributed by atoms with Gasteiger partial charge in [-0.2, -0.15) is 13.2 Å². The Bertz CT molecular complexity index is 559. The van der Waals surface area contributed by atoms with Gasteiger partial charge in [-0.15, -0.1) is 5.10 Å². The number of hydrogen-bond donors (Lipinski definition) is 0. The number of nitrogens with zero attached hydrogens (tertiary/aromatic N) is 3. The summed E-state index contributed by atoms with van der Waals surface area (Å²) in [6, 6.07) is 1.06. The molecule has 0 saturated heterocycles. The lowest BCUT2D eigenvalue weighted by Gasteiger charge is -2.10. The van der Waals surface area contributed by atoms with Crippen LogP contribution in [0.4, 0.5) is 13.2 Å². The van der Waals surface area contributed by atoms with Gasteiger partial charge in [0.25, 0.3) is 0 Å². The van der Waals surface area contributed by atoms with Crippen molar-refractivity contribution in [3.8, 4) is 0 Å². The van der Waals surface area contributed by atoms with Gasteiger partial charge in [-0.25, -0.2) is 4.68 Å². The predicted molar refractivity (Wildman–Crippen MR) is 55.9 cm³/mol. The van der Waals surface area contributed by atoms with E-state index in [9.17, 15) is 13.2 Å². The normalized spacial score (nSPS) is 12.4. The van der Waals surface area contributed by atoms with Crippen LogP contribution in [0.5, 0.6) is 0 Å². The quantitative estimate of drug-likeness (QED) is 0.747. The molecule has 0 aliphatic heterocycles. The van der Waals surface area contributed by atoms with E-state index >= 15 is 0 Å². The molecular weight excluding hydrogens is 287 g/mol. The van der Waals surface area contributed by atoms with Crippen molar-refractivity contribution in [1.29, 1.82) is 0 Å². The molecule has 0 atom stereocenters. The maximum absolute atomic E-state index is 12.8. The van der Waals surface area contributed by atoms with Crippen LogP contribution in [0.3, 0.4) is 0 Å². The number of aryl methyl sites for hydroxylation is 2. The van der Waals surface area contributed by atoms with Crippen LogP contribution < -0.4 is 0 Å². The maximum atomic E-state index is 12.8. The molecule has 3 nitrogen and oxygen atoms in total. The number of rotatable bonds is 0.